The quantitative estimate of drug-likeness (QED) is 0.261. The molecule has 39 heavy (non-hydrogen) atoms. The van der Waals surface area contributed by atoms with Crippen molar-refractivity contribution in [2.24, 2.45) is 10.1 Å². The molecule has 0 radical (unpaired) electrons. The van der Waals surface area contributed by atoms with E-state index in [1.165, 1.54) is 16.8 Å². The minimum atomic E-state index is -0.471. The number of carbonyl (C=O) groups excluding carboxylic acids is 1. The maximum atomic E-state index is 12.9. The van der Waals surface area contributed by atoms with Crippen molar-refractivity contribution in [2.75, 3.05) is 19.8 Å². The molecule has 5 rings (SSSR count). The van der Waals surface area contributed by atoms with Gasteiger partial charge in [-0.05, 0) is 66.6 Å². The summed E-state index contributed by atoms with van der Waals surface area (Å²) in [6.07, 6.45) is 2.24. The second kappa shape index (κ2) is 12.0. The minimum absolute atomic E-state index is 0.00722. The van der Waals surface area contributed by atoms with Gasteiger partial charge in [0, 0.05) is 6.42 Å². The van der Waals surface area contributed by atoms with Crippen LogP contribution in [0.5, 0.6) is 17.2 Å². The molecule has 0 fully saturated rings. The number of hydrogen-bond acceptors (Lipinski definition) is 7. The van der Waals surface area contributed by atoms with Crippen molar-refractivity contribution in [3.63, 3.8) is 0 Å². The van der Waals surface area contributed by atoms with Crippen LogP contribution < -0.4 is 14.2 Å². The highest BCUT2D eigenvalue weighted by Crippen LogP contribution is 2.32. The first kappa shape index (κ1) is 26.2. The third-order valence-electron chi connectivity index (χ3n) is 5.97. The Morgan fingerprint density at radius 3 is 2.44 bits per heavy atom. The highest BCUT2D eigenvalue weighted by molar-refractivity contribution is 8.26. The van der Waals surface area contributed by atoms with Gasteiger partial charge in [-0.25, -0.2) is 0 Å². The third-order valence-corrected chi connectivity index (χ3v) is 6.87. The highest BCUT2D eigenvalue weighted by atomic mass is 32.2. The van der Waals surface area contributed by atoms with Crippen LogP contribution in [0.25, 0.3) is 6.08 Å². The molecule has 3 aromatic rings. The predicted octanol–water partition coefficient (Wildman–Crippen LogP) is 5.71. The summed E-state index contributed by atoms with van der Waals surface area (Å²) < 4.78 is 17.5. The van der Waals surface area contributed by atoms with Crippen molar-refractivity contribution in [1.82, 2.24) is 5.01 Å². The molecule has 8 nitrogen and oxygen atoms in total. The molecular weight excluding hydrogens is 512 g/mol. The van der Waals surface area contributed by atoms with E-state index in [2.05, 4.69) is 10.1 Å². The number of fused-ring (bicyclic) bond motifs is 1. The smallest absolute Gasteiger partial charge is 0.283 e. The second-order valence-electron chi connectivity index (χ2n) is 8.78. The van der Waals surface area contributed by atoms with Gasteiger partial charge < -0.3 is 14.2 Å². The lowest BCUT2D eigenvalue weighted by molar-refractivity contribution is -0.114. The lowest BCUT2D eigenvalue weighted by Crippen LogP contribution is -2.35. The predicted molar refractivity (Wildman–Crippen MR) is 155 cm³/mol. The maximum absolute atomic E-state index is 12.9. The van der Waals surface area contributed by atoms with E-state index in [4.69, 9.17) is 19.6 Å². The van der Waals surface area contributed by atoms with Crippen LogP contribution in [0.2, 0.25) is 0 Å². The van der Waals surface area contributed by atoms with Crippen molar-refractivity contribution >= 4 is 39.8 Å². The standard InChI is InChI=1S/C30H28N4O4S/c1-3-36-26-18-22(13-14-25(26)38-16-15-37-24-12-8-7-9-20(24)2)17-23-28(31)34-30(32-29(23)35)39-27(33-34)19-21-10-5-4-6-11-21/h4-14,17-18,31H,3,15-16,19H2,1-2H3. The molecule has 9 heteroatoms. The molecule has 0 bridgehead atoms. The van der Waals surface area contributed by atoms with Crippen LogP contribution in [0.15, 0.2) is 88.5 Å². The first-order valence-corrected chi connectivity index (χ1v) is 13.4. The van der Waals surface area contributed by atoms with E-state index in [0.29, 0.717) is 48.5 Å². The molecule has 0 aromatic heterocycles. The minimum Gasteiger partial charge on any atom is -0.490 e. The number of amides is 1. The molecular formula is C30H28N4O4S. The largest absolute Gasteiger partial charge is 0.490 e. The number of ether oxygens (including phenoxy) is 3. The number of aliphatic imine (C=N–C) groups is 1. The normalized spacial score (nSPS) is 15.6. The molecule has 2 heterocycles. The molecule has 0 saturated heterocycles. The number of thioether (sulfide) groups is 1. The average Bonchev–Trinajstić information content (AvgIpc) is 3.34. The van der Waals surface area contributed by atoms with Gasteiger partial charge in [-0.1, -0.05) is 54.6 Å². The van der Waals surface area contributed by atoms with Crippen molar-refractivity contribution in [1.29, 1.82) is 5.41 Å². The summed E-state index contributed by atoms with van der Waals surface area (Å²) in [4.78, 5) is 17.0. The molecule has 0 saturated carbocycles. The maximum Gasteiger partial charge on any atom is 0.283 e. The zero-order valence-electron chi connectivity index (χ0n) is 21.7. The van der Waals surface area contributed by atoms with Crippen molar-refractivity contribution in [3.8, 4) is 17.2 Å². The SMILES string of the molecule is CCOc1cc(C=C2C(=N)N3N=C(Cc4ccccc4)SC3=NC2=O)ccc1OCCOc1ccccc1C. The second-order valence-corrected chi connectivity index (χ2v) is 9.82. The van der Waals surface area contributed by atoms with Crippen molar-refractivity contribution in [3.05, 3.63) is 95.1 Å². The fourth-order valence-corrected chi connectivity index (χ4v) is 4.98. The van der Waals surface area contributed by atoms with Gasteiger partial charge in [-0.15, -0.1) is 0 Å². The molecule has 1 amide bonds. The van der Waals surface area contributed by atoms with Gasteiger partial charge in [0.15, 0.2) is 17.3 Å². The van der Waals surface area contributed by atoms with Gasteiger partial charge in [0.05, 0.1) is 12.2 Å². The summed E-state index contributed by atoms with van der Waals surface area (Å²) in [6.45, 7) is 5.06. The Kier molecular flexibility index (Phi) is 8.07. The fourth-order valence-electron chi connectivity index (χ4n) is 4.06. The molecule has 0 unspecified atom stereocenters. The number of rotatable bonds is 10. The van der Waals surface area contributed by atoms with E-state index >= 15 is 0 Å². The van der Waals surface area contributed by atoms with Crippen LogP contribution in [0.3, 0.4) is 0 Å². The van der Waals surface area contributed by atoms with E-state index in [-0.39, 0.29) is 11.4 Å². The van der Waals surface area contributed by atoms with Crippen LogP contribution in [0, 0.1) is 12.3 Å². The lowest BCUT2D eigenvalue weighted by atomic mass is 10.1. The Bertz CT molecular complexity index is 1480. The van der Waals surface area contributed by atoms with E-state index in [1.54, 1.807) is 18.2 Å². The van der Waals surface area contributed by atoms with Gasteiger partial charge in [-0.3, -0.25) is 10.2 Å². The average molecular weight is 541 g/mol. The number of nitrogens with zero attached hydrogens (tertiary/aromatic N) is 3. The van der Waals surface area contributed by atoms with Gasteiger partial charge in [0.1, 0.15) is 24.0 Å². The summed E-state index contributed by atoms with van der Waals surface area (Å²) >= 11 is 1.32. The first-order valence-electron chi connectivity index (χ1n) is 12.6. The fraction of sp³-hybridized carbons (Fsp3) is 0.200. The molecule has 3 aromatic carbocycles. The van der Waals surface area contributed by atoms with Crippen LogP contribution in [0.1, 0.15) is 23.6 Å². The Hall–Kier alpha value is -4.37. The number of amidine groups is 2. The number of aryl methyl sites for hydroxylation is 1. The number of nitrogens with one attached hydrogen (secondary N) is 1. The van der Waals surface area contributed by atoms with Gasteiger partial charge >= 0.3 is 0 Å². The van der Waals surface area contributed by atoms with Crippen molar-refractivity contribution < 1.29 is 19.0 Å². The Labute approximate surface area is 231 Å². The monoisotopic (exact) mass is 540 g/mol. The Morgan fingerprint density at radius 1 is 0.923 bits per heavy atom. The van der Waals surface area contributed by atoms with E-state index in [0.717, 1.165) is 21.9 Å². The van der Waals surface area contributed by atoms with E-state index in [9.17, 15) is 4.79 Å². The molecule has 2 aliphatic heterocycles. The number of para-hydroxylation sites is 1. The van der Waals surface area contributed by atoms with Gasteiger partial charge in [0.25, 0.3) is 5.91 Å². The Balaban J connectivity index is 1.28. The van der Waals surface area contributed by atoms with Gasteiger partial charge in [-0.2, -0.15) is 15.1 Å². The lowest BCUT2D eigenvalue weighted by Gasteiger charge is -2.20. The summed E-state index contributed by atoms with van der Waals surface area (Å²) in [6, 6.07) is 23.2. The number of hydrogen-bond donors (Lipinski definition) is 1. The molecule has 0 spiro atoms. The molecule has 0 atom stereocenters. The molecule has 2 aliphatic rings. The van der Waals surface area contributed by atoms with Crippen LogP contribution >= 0.6 is 11.8 Å². The zero-order chi connectivity index (χ0) is 27.2. The first-order chi connectivity index (χ1) is 19.0. The summed E-state index contributed by atoms with van der Waals surface area (Å²) in [5.74, 6) is 1.46. The Morgan fingerprint density at radius 2 is 1.67 bits per heavy atom. The summed E-state index contributed by atoms with van der Waals surface area (Å²) in [5.41, 5.74) is 3.01. The van der Waals surface area contributed by atoms with Crippen molar-refractivity contribution in [2.45, 2.75) is 20.3 Å². The van der Waals surface area contributed by atoms with Crippen LogP contribution in [-0.2, 0) is 11.2 Å². The number of hydrazone groups is 1. The molecule has 198 valence electrons. The summed E-state index contributed by atoms with van der Waals surface area (Å²) in [5, 5.41) is 15.8. The topological polar surface area (TPSA) is 96.6 Å². The highest BCUT2D eigenvalue weighted by Gasteiger charge is 2.35. The summed E-state index contributed by atoms with van der Waals surface area (Å²) in [7, 11) is 0. The van der Waals surface area contributed by atoms with Gasteiger partial charge in [0.2, 0.25) is 5.17 Å². The number of benzene rings is 3. The third kappa shape index (κ3) is 6.21. The zero-order valence-corrected chi connectivity index (χ0v) is 22.5. The number of carbonyl (C=O) groups is 1. The van der Waals surface area contributed by atoms with E-state index in [1.807, 2.05) is 74.5 Å². The van der Waals surface area contributed by atoms with Crippen LogP contribution in [0.4, 0.5) is 0 Å². The molecule has 0 aliphatic carbocycles. The molecule has 1 N–H and O–H groups in total. The van der Waals surface area contributed by atoms with Crippen LogP contribution in [-0.4, -0.2) is 46.8 Å². The van der Waals surface area contributed by atoms with E-state index < -0.39 is 5.91 Å².